The van der Waals surface area contributed by atoms with Gasteiger partial charge in [0.15, 0.2) is 0 Å². The van der Waals surface area contributed by atoms with Crippen molar-refractivity contribution in [2.75, 3.05) is 6.61 Å². The van der Waals surface area contributed by atoms with Gasteiger partial charge < -0.3 is 20.2 Å². The summed E-state index contributed by atoms with van der Waals surface area (Å²) in [6.45, 7) is 4.36. The number of aliphatic hydroxyl groups is 1. The highest BCUT2D eigenvalue weighted by atomic mass is 32.1. The molecule has 22 heavy (non-hydrogen) atoms. The van der Waals surface area contributed by atoms with Crippen molar-refractivity contribution >= 4 is 17.4 Å². The molecule has 0 aliphatic rings. The largest absolute Gasteiger partial charge is 0.443 e. The minimum Gasteiger partial charge on any atom is -0.443 e. The Morgan fingerprint density at radius 3 is 2.95 bits per heavy atom. The number of hydrogen-bond donors (Lipinski definition) is 3. The number of aliphatic hydroxyl groups excluding tert-OH is 1. The minimum atomic E-state index is -0.271. The van der Waals surface area contributed by atoms with Gasteiger partial charge >= 0.3 is 6.03 Å². The Morgan fingerprint density at radius 2 is 2.32 bits per heavy atom. The predicted octanol–water partition coefficient (Wildman–Crippen LogP) is 2.61. The molecule has 2 heterocycles. The lowest BCUT2D eigenvalue weighted by molar-refractivity contribution is 0.218. The molecule has 6 nitrogen and oxygen atoms in total. The topological polar surface area (TPSA) is 87.4 Å². The van der Waals surface area contributed by atoms with E-state index >= 15 is 0 Å². The first-order chi connectivity index (χ1) is 10.6. The van der Waals surface area contributed by atoms with E-state index in [2.05, 4.69) is 15.6 Å². The fraction of sp³-hybridized carbons (Fsp3) is 0.467. The van der Waals surface area contributed by atoms with Crippen molar-refractivity contribution in [3.8, 4) is 10.8 Å². The van der Waals surface area contributed by atoms with E-state index in [0.717, 1.165) is 4.88 Å². The van der Waals surface area contributed by atoms with Crippen molar-refractivity contribution in [2.45, 2.75) is 32.9 Å². The first-order valence-electron chi connectivity index (χ1n) is 7.23. The molecule has 2 aromatic rings. The van der Waals surface area contributed by atoms with Gasteiger partial charge in [-0.3, -0.25) is 0 Å². The van der Waals surface area contributed by atoms with Crippen LogP contribution in [0.1, 0.15) is 26.0 Å². The summed E-state index contributed by atoms with van der Waals surface area (Å²) in [6.07, 6.45) is 2.08. The number of hydrogen-bond acceptors (Lipinski definition) is 5. The zero-order chi connectivity index (χ0) is 15.9. The number of carbonyl (C=O) groups excluding carboxylic acids is 1. The number of amides is 2. The van der Waals surface area contributed by atoms with Crippen molar-refractivity contribution in [2.24, 2.45) is 5.92 Å². The Balaban J connectivity index is 1.83. The monoisotopic (exact) mass is 323 g/mol. The van der Waals surface area contributed by atoms with Crippen molar-refractivity contribution < 1.29 is 14.3 Å². The van der Waals surface area contributed by atoms with Crippen LogP contribution in [0, 0.1) is 5.92 Å². The number of thiophene rings is 1. The SMILES string of the molecule is CC(C)C(CCO)NC(=O)NCc1coc(-c2cccs2)n1. The van der Waals surface area contributed by atoms with Crippen molar-refractivity contribution in [3.63, 3.8) is 0 Å². The summed E-state index contributed by atoms with van der Waals surface area (Å²) in [7, 11) is 0. The number of carbonyl (C=O) groups is 1. The zero-order valence-electron chi connectivity index (χ0n) is 12.7. The van der Waals surface area contributed by atoms with Gasteiger partial charge in [0, 0.05) is 12.6 Å². The molecule has 0 aromatic carbocycles. The molecular formula is C15H21N3O3S. The van der Waals surface area contributed by atoms with Crippen LogP contribution < -0.4 is 10.6 Å². The van der Waals surface area contributed by atoms with Gasteiger partial charge in [0.05, 0.1) is 17.1 Å². The summed E-state index contributed by atoms with van der Waals surface area (Å²) in [5.74, 6) is 0.822. The van der Waals surface area contributed by atoms with Crippen LogP contribution in [-0.2, 0) is 6.54 Å². The second-order valence-corrected chi connectivity index (χ2v) is 6.26. The number of oxazole rings is 1. The Hall–Kier alpha value is -1.86. The molecule has 0 radical (unpaired) electrons. The van der Waals surface area contributed by atoms with Crippen molar-refractivity contribution in [1.29, 1.82) is 0 Å². The Labute approximate surface area is 133 Å². The van der Waals surface area contributed by atoms with E-state index in [0.29, 0.717) is 24.6 Å². The molecule has 0 fully saturated rings. The molecule has 2 amide bonds. The summed E-state index contributed by atoms with van der Waals surface area (Å²) >= 11 is 1.55. The number of aromatic nitrogens is 1. The highest BCUT2D eigenvalue weighted by molar-refractivity contribution is 7.13. The lowest BCUT2D eigenvalue weighted by atomic mass is 10.0. The Bertz CT molecular complexity index is 581. The molecule has 120 valence electrons. The smallest absolute Gasteiger partial charge is 0.315 e. The van der Waals surface area contributed by atoms with Gasteiger partial charge in [0.2, 0.25) is 5.89 Å². The van der Waals surface area contributed by atoms with Gasteiger partial charge in [-0.1, -0.05) is 19.9 Å². The Kier molecular flexibility index (Phi) is 5.97. The standard InChI is InChI=1S/C15H21N3O3S/c1-10(2)12(5-6-19)18-15(20)16-8-11-9-21-14(17-11)13-4-3-7-22-13/h3-4,7,9-10,12,19H,5-6,8H2,1-2H3,(H2,16,18,20). The van der Waals surface area contributed by atoms with Crippen LogP contribution in [0.5, 0.6) is 0 Å². The Morgan fingerprint density at radius 1 is 1.50 bits per heavy atom. The van der Waals surface area contributed by atoms with Crippen LogP contribution in [0.25, 0.3) is 10.8 Å². The van der Waals surface area contributed by atoms with Crippen LogP contribution in [0.3, 0.4) is 0 Å². The molecule has 3 N–H and O–H groups in total. The molecule has 0 aliphatic carbocycles. The van der Waals surface area contributed by atoms with Crippen LogP contribution in [0.2, 0.25) is 0 Å². The van der Waals surface area contributed by atoms with Crippen LogP contribution in [0.4, 0.5) is 4.79 Å². The van der Waals surface area contributed by atoms with Gasteiger partial charge in [-0.05, 0) is 23.8 Å². The average molecular weight is 323 g/mol. The molecule has 7 heteroatoms. The summed E-state index contributed by atoms with van der Waals surface area (Å²) in [6, 6.07) is 3.54. The van der Waals surface area contributed by atoms with Gasteiger partial charge in [-0.25, -0.2) is 9.78 Å². The van der Waals surface area contributed by atoms with Gasteiger partial charge in [0.25, 0.3) is 0 Å². The zero-order valence-corrected chi connectivity index (χ0v) is 13.5. The highest BCUT2D eigenvalue weighted by Gasteiger charge is 2.15. The molecule has 0 bridgehead atoms. The van der Waals surface area contributed by atoms with Gasteiger partial charge in [-0.15, -0.1) is 11.3 Å². The summed E-state index contributed by atoms with van der Waals surface area (Å²) in [5, 5.41) is 16.6. The van der Waals surface area contributed by atoms with Gasteiger partial charge in [-0.2, -0.15) is 0 Å². The van der Waals surface area contributed by atoms with Crippen LogP contribution in [-0.4, -0.2) is 28.8 Å². The molecule has 0 aliphatic heterocycles. The fourth-order valence-corrected chi connectivity index (χ4v) is 2.66. The minimum absolute atomic E-state index is 0.0519. The second kappa shape index (κ2) is 7.95. The number of nitrogens with one attached hydrogen (secondary N) is 2. The molecule has 0 saturated carbocycles. The molecular weight excluding hydrogens is 302 g/mol. The third kappa shape index (κ3) is 4.57. The first kappa shape index (κ1) is 16.5. The lowest BCUT2D eigenvalue weighted by Gasteiger charge is -2.21. The molecule has 0 saturated heterocycles. The lowest BCUT2D eigenvalue weighted by Crippen LogP contribution is -2.44. The van der Waals surface area contributed by atoms with Crippen molar-refractivity contribution in [3.05, 3.63) is 29.5 Å². The van der Waals surface area contributed by atoms with Crippen molar-refractivity contribution in [1.82, 2.24) is 15.6 Å². The molecule has 0 spiro atoms. The first-order valence-corrected chi connectivity index (χ1v) is 8.11. The summed E-state index contributed by atoms with van der Waals surface area (Å²) in [4.78, 5) is 17.2. The molecule has 1 atom stereocenters. The second-order valence-electron chi connectivity index (χ2n) is 5.31. The maximum absolute atomic E-state index is 11.9. The van der Waals surface area contributed by atoms with E-state index in [1.807, 2.05) is 31.4 Å². The number of rotatable bonds is 7. The summed E-state index contributed by atoms with van der Waals surface area (Å²) < 4.78 is 5.39. The van der Waals surface area contributed by atoms with E-state index in [1.54, 1.807) is 17.6 Å². The predicted molar refractivity (Wildman–Crippen MR) is 85.5 cm³/mol. The highest BCUT2D eigenvalue weighted by Crippen LogP contribution is 2.23. The normalized spacial score (nSPS) is 12.4. The van der Waals surface area contributed by atoms with E-state index in [4.69, 9.17) is 9.52 Å². The third-order valence-corrected chi connectivity index (χ3v) is 4.13. The number of nitrogens with zero attached hydrogens (tertiary/aromatic N) is 1. The quantitative estimate of drug-likeness (QED) is 0.731. The number of urea groups is 1. The maximum atomic E-state index is 11.9. The third-order valence-electron chi connectivity index (χ3n) is 3.28. The molecule has 1 unspecified atom stereocenters. The molecule has 2 rings (SSSR count). The van der Waals surface area contributed by atoms with E-state index in [-0.39, 0.29) is 24.6 Å². The maximum Gasteiger partial charge on any atom is 0.315 e. The van der Waals surface area contributed by atoms with E-state index in [1.165, 1.54) is 0 Å². The van der Waals surface area contributed by atoms with Gasteiger partial charge in [0.1, 0.15) is 6.26 Å². The fourth-order valence-electron chi connectivity index (χ4n) is 2.00. The molecule has 2 aromatic heterocycles. The average Bonchev–Trinajstić information content (AvgIpc) is 3.15. The summed E-state index contributed by atoms with van der Waals surface area (Å²) in [5.41, 5.74) is 0.668. The van der Waals surface area contributed by atoms with Crippen LogP contribution in [0.15, 0.2) is 28.2 Å². The van der Waals surface area contributed by atoms with E-state index < -0.39 is 0 Å². The van der Waals surface area contributed by atoms with E-state index in [9.17, 15) is 4.79 Å². The van der Waals surface area contributed by atoms with Crippen LogP contribution >= 0.6 is 11.3 Å².